The summed E-state index contributed by atoms with van der Waals surface area (Å²) in [6.07, 6.45) is 5.80. The van der Waals surface area contributed by atoms with Crippen LogP contribution in [0.3, 0.4) is 0 Å². The minimum atomic E-state index is -0.911. The molecule has 35 heavy (non-hydrogen) atoms. The van der Waals surface area contributed by atoms with Gasteiger partial charge in [0.25, 0.3) is 11.7 Å². The Hall–Kier alpha value is -3.90. The molecule has 1 aliphatic carbocycles. The number of nitrogens with zero attached hydrogens (tertiary/aromatic N) is 5. The van der Waals surface area contributed by atoms with Crippen molar-refractivity contribution in [2.24, 2.45) is 0 Å². The van der Waals surface area contributed by atoms with E-state index in [1.165, 1.54) is 17.2 Å². The lowest BCUT2D eigenvalue weighted by atomic mass is 9.75. The van der Waals surface area contributed by atoms with Crippen LogP contribution in [0.1, 0.15) is 30.5 Å². The maximum Gasteiger partial charge on any atom is 0.272 e. The van der Waals surface area contributed by atoms with E-state index < -0.39 is 11.4 Å². The molecule has 1 spiro atoms. The Balaban J connectivity index is 1.40. The first-order valence-corrected chi connectivity index (χ1v) is 11.7. The van der Waals surface area contributed by atoms with Crippen molar-refractivity contribution in [3.05, 3.63) is 83.4 Å². The van der Waals surface area contributed by atoms with E-state index in [1.807, 2.05) is 18.2 Å². The number of carbonyl (C=O) groups excluding carboxylic acids is 1. The van der Waals surface area contributed by atoms with Crippen LogP contribution in [0.4, 0.5) is 21.6 Å². The molecule has 1 saturated carbocycles. The Labute approximate surface area is 208 Å². The lowest BCUT2D eigenvalue weighted by Crippen LogP contribution is -2.55. The van der Waals surface area contributed by atoms with Crippen LogP contribution in [0, 0.1) is 19.3 Å². The third-order valence-electron chi connectivity index (χ3n) is 6.51. The van der Waals surface area contributed by atoms with Crippen LogP contribution in [0.25, 0.3) is 4.85 Å². The number of carbonyl (C=O) groups is 1. The van der Waals surface area contributed by atoms with Gasteiger partial charge in [0.1, 0.15) is 17.5 Å². The van der Waals surface area contributed by atoms with Crippen LogP contribution in [-0.4, -0.2) is 33.1 Å². The van der Waals surface area contributed by atoms with Gasteiger partial charge in [-0.2, -0.15) is 0 Å². The summed E-state index contributed by atoms with van der Waals surface area (Å²) in [6.45, 7) is 9.33. The molecule has 0 atom stereocenters. The molecule has 1 saturated heterocycles. The minimum Gasteiger partial charge on any atom is -0.493 e. The van der Waals surface area contributed by atoms with Gasteiger partial charge in [0.2, 0.25) is 0 Å². The molecular weight excluding hydrogens is 465 g/mol. The number of aryl methyl sites for hydroxylation is 1. The average molecular weight is 488 g/mol. The van der Waals surface area contributed by atoms with E-state index in [2.05, 4.69) is 14.8 Å². The van der Waals surface area contributed by atoms with Gasteiger partial charge in [-0.05, 0) is 74.3 Å². The van der Waals surface area contributed by atoms with Crippen molar-refractivity contribution < 1.29 is 13.9 Å². The van der Waals surface area contributed by atoms with E-state index in [-0.39, 0.29) is 22.5 Å². The predicted octanol–water partition coefficient (Wildman–Crippen LogP) is 5.16. The molecule has 176 valence electrons. The molecule has 1 amide bonds. The number of benzene rings is 1. The predicted molar refractivity (Wildman–Crippen MR) is 134 cm³/mol. The zero-order valence-electron chi connectivity index (χ0n) is 19.1. The molecule has 3 heterocycles. The zero-order valence-corrected chi connectivity index (χ0v) is 19.9. The summed E-state index contributed by atoms with van der Waals surface area (Å²) < 4.78 is 21.1. The van der Waals surface area contributed by atoms with Crippen molar-refractivity contribution >= 4 is 40.4 Å². The van der Waals surface area contributed by atoms with Gasteiger partial charge in [0, 0.05) is 24.4 Å². The van der Waals surface area contributed by atoms with Crippen molar-refractivity contribution in [3.63, 3.8) is 0 Å². The first-order valence-electron chi connectivity index (χ1n) is 11.3. The number of ether oxygens (including phenoxy) is 1. The largest absolute Gasteiger partial charge is 0.493 e. The fraction of sp³-hybridized carbons (Fsp3) is 0.269. The molecule has 0 N–H and O–H groups in total. The standard InChI is InChI=1S/C26H22FN5O2S/c1-17-14-19(16-30-23(17)28-2)31-24(33)26(10-5-11-26)32(25(31)35)22-8-7-20(15-21(22)27)34-13-9-18-6-3-4-12-29-18/h3-4,6-8,12,14-16H,5,9-11,13H2,1H3. The third kappa shape index (κ3) is 3.90. The first-order chi connectivity index (χ1) is 16.9. The fourth-order valence-electron chi connectivity index (χ4n) is 4.55. The average Bonchev–Trinajstić information content (AvgIpc) is 3.06. The molecule has 1 aromatic carbocycles. The minimum absolute atomic E-state index is 0.194. The van der Waals surface area contributed by atoms with Gasteiger partial charge in [-0.3, -0.25) is 14.7 Å². The summed E-state index contributed by atoms with van der Waals surface area (Å²) in [5, 5.41) is 0.203. The second kappa shape index (κ2) is 9.04. The Morgan fingerprint density at radius 3 is 2.69 bits per heavy atom. The van der Waals surface area contributed by atoms with E-state index in [0.717, 1.165) is 12.1 Å². The molecular formula is C26H22FN5O2S. The molecule has 9 heteroatoms. The van der Waals surface area contributed by atoms with Gasteiger partial charge in [-0.1, -0.05) is 12.6 Å². The van der Waals surface area contributed by atoms with Gasteiger partial charge in [0.05, 0.1) is 18.0 Å². The molecule has 0 bridgehead atoms. The molecule has 1 aliphatic heterocycles. The number of pyridine rings is 2. The molecule has 3 aromatic rings. The van der Waals surface area contributed by atoms with Crippen LogP contribution in [-0.2, 0) is 11.2 Å². The van der Waals surface area contributed by atoms with Crippen LogP contribution < -0.4 is 14.5 Å². The maximum absolute atomic E-state index is 15.4. The summed E-state index contributed by atoms with van der Waals surface area (Å²) in [5.41, 5.74) is 1.35. The van der Waals surface area contributed by atoms with E-state index in [4.69, 9.17) is 23.5 Å². The maximum atomic E-state index is 15.4. The lowest BCUT2D eigenvalue weighted by molar-refractivity contribution is -0.123. The molecule has 2 fully saturated rings. The van der Waals surface area contributed by atoms with E-state index in [1.54, 1.807) is 36.2 Å². The summed E-state index contributed by atoms with van der Waals surface area (Å²) in [5.74, 6) is -0.0410. The summed E-state index contributed by atoms with van der Waals surface area (Å²) in [7, 11) is 0. The highest BCUT2D eigenvalue weighted by molar-refractivity contribution is 7.81. The van der Waals surface area contributed by atoms with Crippen molar-refractivity contribution in [3.8, 4) is 5.75 Å². The third-order valence-corrected chi connectivity index (χ3v) is 6.87. The lowest BCUT2D eigenvalue weighted by Gasteiger charge is -2.43. The monoisotopic (exact) mass is 487 g/mol. The van der Waals surface area contributed by atoms with Gasteiger partial charge >= 0.3 is 0 Å². The first kappa shape index (κ1) is 22.9. The highest BCUT2D eigenvalue weighted by Gasteiger charge is 2.60. The van der Waals surface area contributed by atoms with Crippen LogP contribution in [0.15, 0.2) is 54.9 Å². The second-order valence-electron chi connectivity index (χ2n) is 8.62. The second-order valence-corrected chi connectivity index (χ2v) is 8.99. The number of hydrogen-bond acceptors (Lipinski definition) is 5. The fourth-order valence-corrected chi connectivity index (χ4v) is 5.02. The van der Waals surface area contributed by atoms with Crippen LogP contribution in [0.5, 0.6) is 5.75 Å². The number of aromatic nitrogens is 2. The highest BCUT2D eigenvalue weighted by Crippen LogP contribution is 2.48. The van der Waals surface area contributed by atoms with Crippen molar-refractivity contribution in [2.75, 3.05) is 16.4 Å². The Morgan fingerprint density at radius 1 is 1.23 bits per heavy atom. The van der Waals surface area contributed by atoms with Crippen molar-refractivity contribution in [1.29, 1.82) is 0 Å². The molecule has 2 aliphatic rings. The Morgan fingerprint density at radius 2 is 2.06 bits per heavy atom. The number of rotatable bonds is 6. The molecule has 2 aromatic heterocycles. The van der Waals surface area contributed by atoms with Gasteiger partial charge < -0.3 is 14.5 Å². The summed E-state index contributed by atoms with van der Waals surface area (Å²) in [6, 6.07) is 12.0. The smallest absolute Gasteiger partial charge is 0.272 e. The van der Waals surface area contributed by atoms with E-state index in [9.17, 15) is 4.79 Å². The van der Waals surface area contributed by atoms with Gasteiger partial charge in [-0.25, -0.2) is 4.39 Å². The molecule has 5 rings (SSSR count). The number of hydrogen-bond donors (Lipinski definition) is 0. The number of amides is 1. The number of halogens is 1. The SMILES string of the molecule is [C-]#[N+]c1ncc(N2C(=O)C3(CCC3)N(c3ccc(OCCc4ccccn4)cc3F)C2=S)cc1C. The topological polar surface area (TPSA) is 62.9 Å². The van der Waals surface area contributed by atoms with Crippen LogP contribution in [0.2, 0.25) is 0 Å². The molecule has 0 radical (unpaired) electrons. The molecule has 7 nitrogen and oxygen atoms in total. The van der Waals surface area contributed by atoms with Gasteiger partial charge in [-0.15, -0.1) is 4.98 Å². The Kier molecular flexibility index (Phi) is 5.91. The van der Waals surface area contributed by atoms with Crippen LogP contribution >= 0.6 is 12.2 Å². The van der Waals surface area contributed by atoms with Gasteiger partial charge in [0.15, 0.2) is 10.9 Å². The normalized spacial score (nSPS) is 16.4. The highest BCUT2D eigenvalue weighted by atomic mass is 32.1. The van der Waals surface area contributed by atoms with Crippen molar-refractivity contribution in [2.45, 2.75) is 38.1 Å². The van der Waals surface area contributed by atoms with E-state index >= 15 is 4.39 Å². The Bertz CT molecular complexity index is 1350. The van der Waals surface area contributed by atoms with E-state index in [0.29, 0.717) is 42.9 Å². The quantitative estimate of drug-likeness (QED) is 0.354. The summed E-state index contributed by atoms with van der Waals surface area (Å²) >= 11 is 5.71. The van der Waals surface area contributed by atoms with Crippen molar-refractivity contribution in [1.82, 2.24) is 9.97 Å². The zero-order chi connectivity index (χ0) is 24.6. The molecule has 0 unspecified atom stereocenters. The summed E-state index contributed by atoms with van der Waals surface area (Å²) in [4.78, 5) is 28.4. The number of thiocarbonyl (C=S) groups is 1. The number of anilines is 2.